The second kappa shape index (κ2) is 4.35. The third kappa shape index (κ3) is 2.30. The standard InChI is InChI=1S/C11H11Cl2N/c12-10-5-9(6-11(13)7-10)8-1-3-14-4-2-8/h1,5-7,14H,2-4H2. The summed E-state index contributed by atoms with van der Waals surface area (Å²) < 4.78 is 0. The van der Waals surface area contributed by atoms with Crippen LogP contribution in [0.5, 0.6) is 0 Å². The summed E-state index contributed by atoms with van der Waals surface area (Å²) in [6, 6.07) is 5.68. The van der Waals surface area contributed by atoms with E-state index < -0.39 is 0 Å². The number of hydrogen-bond acceptors (Lipinski definition) is 1. The molecule has 1 aromatic rings. The lowest BCUT2D eigenvalue weighted by molar-refractivity contribution is 0.738. The molecule has 0 fully saturated rings. The van der Waals surface area contributed by atoms with Gasteiger partial charge in [0.25, 0.3) is 0 Å². The number of rotatable bonds is 1. The third-order valence-corrected chi connectivity index (χ3v) is 2.73. The van der Waals surface area contributed by atoms with Gasteiger partial charge in [-0.1, -0.05) is 29.3 Å². The molecule has 0 radical (unpaired) electrons. The van der Waals surface area contributed by atoms with Crippen LogP contribution in [0.4, 0.5) is 0 Å². The Labute approximate surface area is 93.7 Å². The average Bonchev–Trinajstić information content (AvgIpc) is 2.18. The fourth-order valence-electron chi connectivity index (χ4n) is 1.62. The molecule has 0 saturated carbocycles. The van der Waals surface area contributed by atoms with E-state index in [1.165, 1.54) is 5.57 Å². The van der Waals surface area contributed by atoms with Crippen molar-refractivity contribution in [2.24, 2.45) is 0 Å². The van der Waals surface area contributed by atoms with Gasteiger partial charge in [0.15, 0.2) is 0 Å². The number of halogens is 2. The van der Waals surface area contributed by atoms with Gasteiger partial charge in [-0.15, -0.1) is 0 Å². The summed E-state index contributed by atoms with van der Waals surface area (Å²) in [5, 5.41) is 4.67. The topological polar surface area (TPSA) is 12.0 Å². The van der Waals surface area contributed by atoms with E-state index in [0.29, 0.717) is 10.0 Å². The predicted octanol–water partition coefficient (Wildman–Crippen LogP) is 3.37. The predicted molar refractivity (Wildman–Crippen MR) is 61.9 cm³/mol. The minimum atomic E-state index is 0.701. The summed E-state index contributed by atoms with van der Waals surface area (Å²) in [6.45, 7) is 1.95. The molecule has 0 aliphatic carbocycles. The monoisotopic (exact) mass is 227 g/mol. The highest BCUT2D eigenvalue weighted by Gasteiger charge is 2.07. The van der Waals surface area contributed by atoms with E-state index in [-0.39, 0.29) is 0 Å². The molecule has 1 aromatic carbocycles. The van der Waals surface area contributed by atoms with Crippen LogP contribution in [0, 0.1) is 0 Å². The van der Waals surface area contributed by atoms with Crippen LogP contribution in [-0.2, 0) is 0 Å². The molecule has 1 nitrogen and oxygen atoms in total. The van der Waals surface area contributed by atoms with Gasteiger partial charge in [-0.3, -0.25) is 0 Å². The average molecular weight is 228 g/mol. The van der Waals surface area contributed by atoms with Crippen molar-refractivity contribution >= 4 is 28.8 Å². The maximum absolute atomic E-state index is 5.94. The van der Waals surface area contributed by atoms with E-state index in [4.69, 9.17) is 23.2 Å². The van der Waals surface area contributed by atoms with E-state index in [1.807, 2.05) is 12.1 Å². The first kappa shape index (κ1) is 10.0. The zero-order chi connectivity index (χ0) is 9.97. The Hall–Kier alpha value is -0.500. The number of hydrogen-bond donors (Lipinski definition) is 1. The molecule has 1 aliphatic rings. The second-order valence-corrected chi connectivity index (χ2v) is 4.21. The molecule has 0 spiro atoms. The summed E-state index contributed by atoms with van der Waals surface area (Å²) in [6.07, 6.45) is 3.22. The van der Waals surface area contributed by atoms with Gasteiger partial charge in [-0.25, -0.2) is 0 Å². The quantitative estimate of drug-likeness (QED) is 0.776. The Kier molecular flexibility index (Phi) is 3.12. The van der Waals surface area contributed by atoms with Gasteiger partial charge in [-0.2, -0.15) is 0 Å². The highest BCUT2D eigenvalue weighted by molar-refractivity contribution is 6.34. The van der Waals surface area contributed by atoms with Crippen molar-refractivity contribution in [2.45, 2.75) is 6.42 Å². The third-order valence-electron chi connectivity index (χ3n) is 2.30. The molecule has 74 valence electrons. The zero-order valence-electron chi connectivity index (χ0n) is 7.69. The maximum Gasteiger partial charge on any atom is 0.0426 e. The van der Waals surface area contributed by atoms with Crippen LogP contribution in [0.1, 0.15) is 12.0 Å². The minimum Gasteiger partial charge on any atom is -0.313 e. The Morgan fingerprint density at radius 1 is 1.07 bits per heavy atom. The summed E-state index contributed by atoms with van der Waals surface area (Å²) in [5.74, 6) is 0. The summed E-state index contributed by atoms with van der Waals surface area (Å²) in [5.41, 5.74) is 2.47. The Balaban J connectivity index is 2.35. The van der Waals surface area contributed by atoms with E-state index in [9.17, 15) is 0 Å². The van der Waals surface area contributed by atoms with Gasteiger partial charge < -0.3 is 5.32 Å². The van der Waals surface area contributed by atoms with Crippen molar-refractivity contribution in [3.63, 3.8) is 0 Å². The highest BCUT2D eigenvalue weighted by Crippen LogP contribution is 2.26. The molecule has 0 bridgehead atoms. The van der Waals surface area contributed by atoms with Gasteiger partial charge >= 0.3 is 0 Å². The molecular weight excluding hydrogens is 217 g/mol. The summed E-state index contributed by atoms with van der Waals surface area (Å²) in [4.78, 5) is 0. The van der Waals surface area contributed by atoms with Gasteiger partial charge in [0.05, 0.1) is 0 Å². The van der Waals surface area contributed by atoms with Crippen molar-refractivity contribution in [1.29, 1.82) is 0 Å². The lowest BCUT2D eigenvalue weighted by atomic mass is 10.0. The minimum absolute atomic E-state index is 0.701. The van der Waals surface area contributed by atoms with Gasteiger partial charge in [0.1, 0.15) is 0 Å². The van der Waals surface area contributed by atoms with E-state index >= 15 is 0 Å². The van der Waals surface area contributed by atoms with Crippen molar-refractivity contribution in [3.8, 4) is 0 Å². The van der Waals surface area contributed by atoms with Crippen molar-refractivity contribution < 1.29 is 0 Å². The molecule has 2 rings (SSSR count). The van der Waals surface area contributed by atoms with Crippen molar-refractivity contribution in [2.75, 3.05) is 13.1 Å². The fraction of sp³-hybridized carbons (Fsp3) is 0.273. The number of benzene rings is 1. The molecule has 0 aromatic heterocycles. The first-order chi connectivity index (χ1) is 6.75. The molecular formula is C11H11Cl2N. The molecule has 0 unspecified atom stereocenters. The van der Waals surface area contributed by atoms with E-state index in [0.717, 1.165) is 25.1 Å². The second-order valence-electron chi connectivity index (χ2n) is 3.34. The Morgan fingerprint density at radius 3 is 2.36 bits per heavy atom. The molecule has 0 saturated heterocycles. The molecule has 0 amide bonds. The molecule has 1 heterocycles. The largest absolute Gasteiger partial charge is 0.313 e. The molecule has 1 aliphatic heterocycles. The van der Waals surface area contributed by atoms with Crippen LogP contribution in [0.3, 0.4) is 0 Å². The smallest absolute Gasteiger partial charge is 0.0426 e. The molecule has 0 atom stereocenters. The van der Waals surface area contributed by atoms with Crippen LogP contribution in [-0.4, -0.2) is 13.1 Å². The zero-order valence-corrected chi connectivity index (χ0v) is 9.20. The first-order valence-electron chi connectivity index (χ1n) is 4.62. The van der Waals surface area contributed by atoms with Gasteiger partial charge in [-0.05, 0) is 42.3 Å². The highest BCUT2D eigenvalue weighted by atomic mass is 35.5. The number of nitrogens with one attached hydrogen (secondary N) is 1. The normalized spacial score (nSPS) is 16.6. The van der Waals surface area contributed by atoms with Crippen molar-refractivity contribution in [1.82, 2.24) is 5.32 Å². The lowest BCUT2D eigenvalue weighted by Gasteiger charge is -2.14. The van der Waals surface area contributed by atoms with Crippen LogP contribution < -0.4 is 5.32 Å². The van der Waals surface area contributed by atoms with Crippen LogP contribution in [0.25, 0.3) is 5.57 Å². The summed E-state index contributed by atoms with van der Waals surface area (Å²) in [7, 11) is 0. The first-order valence-corrected chi connectivity index (χ1v) is 5.37. The lowest BCUT2D eigenvalue weighted by Crippen LogP contribution is -2.19. The van der Waals surface area contributed by atoms with Gasteiger partial charge in [0.2, 0.25) is 0 Å². The Morgan fingerprint density at radius 2 is 1.79 bits per heavy atom. The Bertz CT molecular complexity index is 351. The SMILES string of the molecule is Clc1cc(Cl)cc(C2=CCNCC2)c1. The van der Waals surface area contributed by atoms with Crippen LogP contribution in [0.2, 0.25) is 10.0 Å². The maximum atomic E-state index is 5.94. The van der Waals surface area contributed by atoms with Gasteiger partial charge in [0, 0.05) is 16.6 Å². The van der Waals surface area contributed by atoms with Crippen molar-refractivity contribution in [3.05, 3.63) is 39.9 Å². The fourth-order valence-corrected chi connectivity index (χ4v) is 2.15. The van der Waals surface area contributed by atoms with Crippen LogP contribution in [0.15, 0.2) is 24.3 Å². The molecule has 1 N–H and O–H groups in total. The van der Waals surface area contributed by atoms with E-state index in [1.54, 1.807) is 6.07 Å². The summed E-state index contributed by atoms with van der Waals surface area (Å²) >= 11 is 11.9. The molecule has 14 heavy (non-hydrogen) atoms. The molecule has 3 heteroatoms. The van der Waals surface area contributed by atoms with Crippen LogP contribution >= 0.6 is 23.2 Å². The van der Waals surface area contributed by atoms with E-state index in [2.05, 4.69) is 11.4 Å².